The quantitative estimate of drug-likeness (QED) is 0.225. The molecular formula is C25H41N5O3. The highest BCUT2D eigenvalue weighted by atomic mass is 16.5. The van der Waals surface area contributed by atoms with Gasteiger partial charge in [-0.25, -0.2) is 0 Å². The molecule has 0 aliphatic heterocycles. The molecule has 1 heterocycles. The molecule has 1 aromatic carbocycles. The van der Waals surface area contributed by atoms with Crippen molar-refractivity contribution >= 4 is 11.9 Å². The Labute approximate surface area is 199 Å². The minimum Gasteiger partial charge on any atom is -0.361 e. The van der Waals surface area contributed by atoms with Gasteiger partial charge in [0.2, 0.25) is 11.9 Å². The van der Waals surface area contributed by atoms with Crippen molar-refractivity contribution in [3.05, 3.63) is 30.3 Å². The summed E-state index contributed by atoms with van der Waals surface area (Å²) in [6, 6.07) is 9.95. The van der Waals surface area contributed by atoms with Gasteiger partial charge in [0.15, 0.2) is 5.82 Å². The number of hydrogen-bond donors (Lipinski definition) is 0. The molecule has 0 radical (unpaired) electrons. The summed E-state index contributed by atoms with van der Waals surface area (Å²) in [5.41, 5.74) is 0.932. The molecule has 0 fully saturated rings. The lowest BCUT2D eigenvalue weighted by molar-refractivity contribution is 0.0811. The molecule has 0 unspecified atom stereocenters. The summed E-state index contributed by atoms with van der Waals surface area (Å²) < 4.78 is 17.6. The zero-order valence-electron chi connectivity index (χ0n) is 20.8. The highest BCUT2D eigenvalue weighted by Gasteiger charge is 2.17. The normalized spacial score (nSPS) is 11.0. The molecule has 0 saturated heterocycles. The minimum atomic E-state index is 0.362. The number of hydrogen-bond acceptors (Lipinski definition) is 8. The number of unbranched alkanes of at least 4 members (excludes halogenated alkanes) is 3. The van der Waals surface area contributed by atoms with Gasteiger partial charge in [0.25, 0.3) is 0 Å². The summed E-state index contributed by atoms with van der Waals surface area (Å²) in [6.07, 6.45) is 6.33. The molecule has 33 heavy (non-hydrogen) atoms. The first-order valence-electron chi connectivity index (χ1n) is 12.2. The second-order valence-electron chi connectivity index (χ2n) is 8.04. The van der Waals surface area contributed by atoms with Crippen molar-refractivity contribution in [3.63, 3.8) is 0 Å². The molecule has 0 amide bonds. The number of aromatic nitrogens is 3. The molecule has 2 aromatic rings. The van der Waals surface area contributed by atoms with E-state index in [2.05, 4.69) is 20.8 Å². The summed E-state index contributed by atoms with van der Waals surface area (Å²) in [6.45, 7) is 9.69. The number of rotatable bonds is 18. The molecule has 0 bridgehead atoms. The van der Waals surface area contributed by atoms with Crippen LogP contribution in [0.25, 0.3) is 11.4 Å². The summed E-state index contributed by atoms with van der Waals surface area (Å²) in [5, 5.41) is 0. The van der Waals surface area contributed by atoms with Crippen LogP contribution >= 0.6 is 0 Å². The molecule has 1 aromatic heterocycles. The average Bonchev–Trinajstić information content (AvgIpc) is 2.85. The molecule has 0 atom stereocenters. The predicted octanol–water partition coefficient (Wildman–Crippen LogP) is 5.10. The second kappa shape index (κ2) is 16.3. The maximum absolute atomic E-state index is 5.89. The first-order chi connectivity index (χ1) is 16.2. The van der Waals surface area contributed by atoms with Gasteiger partial charge in [0.05, 0.1) is 0 Å². The van der Waals surface area contributed by atoms with Crippen LogP contribution in [-0.4, -0.2) is 62.0 Å². The van der Waals surface area contributed by atoms with Crippen molar-refractivity contribution in [3.8, 4) is 11.4 Å². The van der Waals surface area contributed by atoms with Crippen LogP contribution in [0.3, 0.4) is 0 Å². The van der Waals surface area contributed by atoms with E-state index in [1.807, 2.05) is 47.2 Å². The SMILES string of the molecule is CCCCOCN(C)c1nc(-c2ccccc2)nc(N(COCCCC)COCCCC)n1. The van der Waals surface area contributed by atoms with E-state index in [0.29, 0.717) is 57.7 Å². The molecule has 0 saturated carbocycles. The van der Waals surface area contributed by atoms with Crippen molar-refractivity contribution in [2.75, 3.05) is 56.9 Å². The first kappa shape index (κ1) is 27.0. The molecule has 2 rings (SSSR count). The van der Waals surface area contributed by atoms with Crippen molar-refractivity contribution in [1.82, 2.24) is 15.0 Å². The van der Waals surface area contributed by atoms with E-state index in [-0.39, 0.29) is 0 Å². The molecule has 0 spiro atoms. The van der Waals surface area contributed by atoms with Crippen molar-refractivity contribution in [2.45, 2.75) is 59.3 Å². The van der Waals surface area contributed by atoms with E-state index in [1.54, 1.807) is 0 Å². The Balaban J connectivity index is 2.27. The lowest BCUT2D eigenvalue weighted by Gasteiger charge is -2.25. The van der Waals surface area contributed by atoms with E-state index >= 15 is 0 Å². The Morgan fingerprint density at radius 3 is 1.73 bits per heavy atom. The van der Waals surface area contributed by atoms with Crippen LogP contribution in [0.2, 0.25) is 0 Å². The number of nitrogens with zero attached hydrogens (tertiary/aromatic N) is 5. The second-order valence-corrected chi connectivity index (χ2v) is 8.04. The Morgan fingerprint density at radius 2 is 1.18 bits per heavy atom. The zero-order chi connectivity index (χ0) is 23.7. The lowest BCUT2D eigenvalue weighted by atomic mass is 10.2. The van der Waals surface area contributed by atoms with Gasteiger partial charge in [0.1, 0.15) is 20.2 Å². The van der Waals surface area contributed by atoms with Gasteiger partial charge in [-0.2, -0.15) is 15.0 Å². The molecule has 0 N–H and O–H groups in total. The van der Waals surface area contributed by atoms with Crippen LogP contribution in [0.1, 0.15) is 59.3 Å². The van der Waals surface area contributed by atoms with Gasteiger partial charge < -0.3 is 19.1 Å². The molecule has 0 aliphatic rings. The van der Waals surface area contributed by atoms with Gasteiger partial charge >= 0.3 is 0 Å². The van der Waals surface area contributed by atoms with Crippen LogP contribution in [-0.2, 0) is 14.2 Å². The van der Waals surface area contributed by atoms with E-state index in [9.17, 15) is 0 Å². The Hall–Kier alpha value is -2.29. The van der Waals surface area contributed by atoms with Crippen molar-refractivity contribution in [2.24, 2.45) is 0 Å². The number of ether oxygens (including phenoxy) is 3. The fourth-order valence-electron chi connectivity index (χ4n) is 2.88. The average molecular weight is 460 g/mol. The number of anilines is 2. The van der Waals surface area contributed by atoms with E-state index in [1.165, 1.54) is 0 Å². The maximum Gasteiger partial charge on any atom is 0.234 e. The minimum absolute atomic E-state index is 0.362. The lowest BCUT2D eigenvalue weighted by Crippen LogP contribution is -2.32. The topological polar surface area (TPSA) is 72.8 Å². The van der Waals surface area contributed by atoms with Gasteiger partial charge in [-0.15, -0.1) is 0 Å². The zero-order valence-corrected chi connectivity index (χ0v) is 20.8. The largest absolute Gasteiger partial charge is 0.361 e. The number of benzene rings is 1. The monoisotopic (exact) mass is 459 g/mol. The van der Waals surface area contributed by atoms with Gasteiger partial charge in [-0.1, -0.05) is 70.4 Å². The van der Waals surface area contributed by atoms with Gasteiger partial charge in [-0.3, -0.25) is 4.90 Å². The molecule has 0 aliphatic carbocycles. The third-order valence-electron chi connectivity index (χ3n) is 4.97. The highest BCUT2D eigenvalue weighted by molar-refractivity contribution is 5.58. The summed E-state index contributed by atoms with van der Waals surface area (Å²) in [5.74, 6) is 1.71. The fourth-order valence-corrected chi connectivity index (χ4v) is 2.88. The van der Waals surface area contributed by atoms with Gasteiger partial charge in [-0.05, 0) is 19.3 Å². The van der Waals surface area contributed by atoms with Crippen molar-refractivity contribution < 1.29 is 14.2 Å². The standard InChI is InChI=1S/C25H41N5O3/c1-5-8-16-31-19-29(4)24-26-23(22-14-12-11-13-15-22)27-25(28-24)30(20-32-17-9-6-2)21-33-18-10-7-3/h11-15H,5-10,16-21H2,1-4H3. The van der Waals surface area contributed by atoms with E-state index in [0.717, 1.165) is 44.1 Å². The summed E-state index contributed by atoms with van der Waals surface area (Å²) in [4.78, 5) is 18.1. The van der Waals surface area contributed by atoms with Crippen molar-refractivity contribution in [1.29, 1.82) is 0 Å². The van der Waals surface area contributed by atoms with Crippen LogP contribution in [0.15, 0.2) is 30.3 Å². The Morgan fingerprint density at radius 1 is 0.667 bits per heavy atom. The predicted molar refractivity (Wildman–Crippen MR) is 133 cm³/mol. The first-order valence-corrected chi connectivity index (χ1v) is 12.2. The molecule has 8 nitrogen and oxygen atoms in total. The van der Waals surface area contributed by atoms with Crippen LogP contribution in [0.5, 0.6) is 0 Å². The summed E-state index contributed by atoms with van der Waals surface area (Å²) in [7, 11) is 1.93. The van der Waals surface area contributed by atoms with E-state index in [4.69, 9.17) is 29.2 Å². The molecule has 8 heteroatoms. The Bertz CT molecular complexity index is 751. The van der Waals surface area contributed by atoms with Crippen LogP contribution in [0, 0.1) is 0 Å². The van der Waals surface area contributed by atoms with Crippen LogP contribution in [0.4, 0.5) is 11.9 Å². The molecule has 184 valence electrons. The molecular weight excluding hydrogens is 418 g/mol. The smallest absolute Gasteiger partial charge is 0.234 e. The van der Waals surface area contributed by atoms with E-state index < -0.39 is 0 Å². The summed E-state index contributed by atoms with van der Waals surface area (Å²) >= 11 is 0. The third-order valence-corrected chi connectivity index (χ3v) is 4.97. The fraction of sp³-hybridized carbons (Fsp3) is 0.640. The Kier molecular flexibility index (Phi) is 13.4. The third kappa shape index (κ3) is 10.0. The van der Waals surface area contributed by atoms with Crippen LogP contribution < -0.4 is 9.80 Å². The highest BCUT2D eigenvalue weighted by Crippen LogP contribution is 2.21. The maximum atomic E-state index is 5.89. The van der Waals surface area contributed by atoms with Gasteiger partial charge in [0, 0.05) is 32.4 Å².